The van der Waals surface area contributed by atoms with Gasteiger partial charge in [-0.3, -0.25) is 0 Å². The Kier molecular flexibility index (Phi) is 6.36. The van der Waals surface area contributed by atoms with E-state index in [2.05, 4.69) is 22.5 Å². The molecule has 1 saturated heterocycles. The summed E-state index contributed by atoms with van der Waals surface area (Å²) < 4.78 is 13.2. The van der Waals surface area contributed by atoms with E-state index >= 15 is 0 Å². The molecule has 1 atom stereocenters. The summed E-state index contributed by atoms with van der Waals surface area (Å²) in [6.45, 7) is 6.20. The lowest BCUT2D eigenvalue weighted by atomic mass is 10.1. The molecule has 0 bridgehead atoms. The van der Waals surface area contributed by atoms with Crippen molar-refractivity contribution in [2.24, 2.45) is 4.99 Å². The minimum absolute atomic E-state index is 0.161. The zero-order chi connectivity index (χ0) is 15.1. The Morgan fingerprint density at radius 3 is 2.95 bits per heavy atom. The number of nitrogens with one attached hydrogen (secondary N) is 2. The molecule has 1 fully saturated rings. The normalized spacial score (nSPS) is 18.8. The summed E-state index contributed by atoms with van der Waals surface area (Å²) in [6.07, 6.45) is 2.60. The van der Waals surface area contributed by atoms with E-state index in [1.165, 1.54) is 24.7 Å². The molecule has 1 unspecified atom stereocenters. The highest BCUT2D eigenvalue weighted by Gasteiger charge is 2.15. The Labute approximate surface area is 130 Å². The summed E-state index contributed by atoms with van der Waals surface area (Å²) >= 11 is 2.03. The third-order valence-electron chi connectivity index (χ3n) is 3.51. The summed E-state index contributed by atoms with van der Waals surface area (Å²) in [7, 11) is 0. The number of benzene rings is 1. The van der Waals surface area contributed by atoms with E-state index in [9.17, 15) is 4.39 Å². The van der Waals surface area contributed by atoms with Crippen LogP contribution in [0.3, 0.4) is 0 Å². The predicted octanol–water partition coefficient (Wildman–Crippen LogP) is 3.08. The fraction of sp³-hybridized carbons (Fsp3) is 0.562. The van der Waals surface area contributed by atoms with Crippen LogP contribution in [0.15, 0.2) is 23.2 Å². The molecule has 2 N–H and O–H groups in total. The molecule has 0 saturated carbocycles. The number of halogens is 1. The quantitative estimate of drug-likeness (QED) is 0.648. The average Bonchev–Trinajstić information content (AvgIpc) is 2.99. The minimum Gasteiger partial charge on any atom is -0.357 e. The third-order valence-corrected chi connectivity index (χ3v) is 4.91. The highest BCUT2D eigenvalue weighted by atomic mass is 32.2. The van der Waals surface area contributed by atoms with Crippen molar-refractivity contribution in [3.63, 3.8) is 0 Å². The Bertz CT molecular complexity index is 484. The number of aryl methyl sites for hydroxylation is 1. The van der Waals surface area contributed by atoms with E-state index < -0.39 is 0 Å². The summed E-state index contributed by atoms with van der Waals surface area (Å²) in [6, 6.07) is 5.16. The van der Waals surface area contributed by atoms with Gasteiger partial charge in [-0.05, 0) is 49.6 Å². The molecule has 0 spiro atoms. The van der Waals surface area contributed by atoms with Gasteiger partial charge in [0.25, 0.3) is 0 Å². The van der Waals surface area contributed by atoms with Crippen molar-refractivity contribution in [1.82, 2.24) is 10.6 Å². The largest absolute Gasteiger partial charge is 0.357 e. The molecular weight excluding hydrogens is 285 g/mol. The Hall–Kier alpha value is -1.23. The van der Waals surface area contributed by atoms with Gasteiger partial charge in [0.2, 0.25) is 0 Å². The first kappa shape index (κ1) is 16.1. The first-order chi connectivity index (χ1) is 10.2. The number of aliphatic imine (C=N–C) groups is 1. The van der Waals surface area contributed by atoms with Crippen LogP contribution in [0, 0.1) is 12.7 Å². The van der Waals surface area contributed by atoms with Crippen LogP contribution in [0.5, 0.6) is 0 Å². The van der Waals surface area contributed by atoms with Crippen molar-refractivity contribution < 1.29 is 4.39 Å². The molecule has 1 aliphatic rings. The van der Waals surface area contributed by atoms with Crippen LogP contribution in [-0.4, -0.2) is 30.1 Å². The molecule has 2 rings (SSSR count). The topological polar surface area (TPSA) is 36.4 Å². The van der Waals surface area contributed by atoms with Crippen molar-refractivity contribution in [1.29, 1.82) is 0 Å². The van der Waals surface area contributed by atoms with Gasteiger partial charge in [0.15, 0.2) is 5.96 Å². The Balaban J connectivity index is 1.90. The van der Waals surface area contributed by atoms with Crippen LogP contribution in [0.4, 0.5) is 4.39 Å². The molecule has 3 nitrogen and oxygen atoms in total. The highest BCUT2D eigenvalue weighted by Crippen LogP contribution is 2.25. The average molecular weight is 309 g/mol. The lowest BCUT2D eigenvalue weighted by molar-refractivity contribution is 0.617. The van der Waals surface area contributed by atoms with Gasteiger partial charge in [-0.1, -0.05) is 12.1 Å². The fourth-order valence-electron chi connectivity index (χ4n) is 2.33. The van der Waals surface area contributed by atoms with Crippen LogP contribution < -0.4 is 10.6 Å². The van der Waals surface area contributed by atoms with Gasteiger partial charge in [0, 0.05) is 18.3 Å². The number of guanidine groups is 1. The molecule has 0 aliphatic carbocycles. The van der Waals surface area contributed by atoms with Crippen LogP contribution in [0.25, 0.3) is 0 Å². The van der Waals surface area contributed by atoms with E-state index in [1.807, 2.05) is 17.8 Å². The molecule has 0 aromatic heterocycles. The zero-order valence-corrected chi connectivity index (χ0v) is 13.6. The third kappa shape index (κ3) is 5.23. The first-order valence-corrected chi connectivity index (χ1v) is 8.62. The maximum Gasteiger partial charge on any atom is 0.191 e. The fourth-order valence-corrected chi connectivity index (χ4v) is 3.53. The number of hydrogen-bond donors (Lipinski definition) is 2. The van der Waals surface area contributed by atoms with Crippen LogP contribution in [0.1, 0.15) is 30.9 Å². The van der Waals surface area contributed by atoms with Gasteiger partial charge in [0.1, 0.15) is 5.82 Å². The van der Waals surface area contributed by atoms with Gasteiger partial charge in [-0.25, -0.2) is 9.38 Å². The molecule has 0 amide bonds. The molecule has 1 aromatic carbocycles. The van der Waals surface area contributed by atoms with Crippen molar-refractivity contribution in [3.05, 3.63) is 35.1 Å². The van der Waals surface area contributed by atoms with Crippen LogP contribution >= 0.6 is 11.8 Å². The second kappa shape index (κ2) is 8.27. The molecule has 5 heteroatoms. The van der Waals surface area contributed by atoms with Crippen LogP contribution in [-0.2, 0) is 6.54 Å². The second-order valence-corrected chi connectivity index (χ2v) is 6.70. The maximum atomic E-state index is 13.2. The summed E-state index contributed by atoms with van der Waals surface area (Å²) in [5, 5.41) is 7.36. The van der Waals surface area contributed by atoms with Crippen molar-refractivity contribution in [3.8, 4) is 0 Å². The highest BCUT2D eigenvalue weighted by molar-refractivity contribution is 8.00. The Morgan fingerprint density at radius 2 is 2.29 bits per heavy atom. The smallest absolute Gasteiger partial charge is 0.191 e. The van der Waals surface area contributed by atoms with Gasteiger partial charge in [0.05, 0.1) is 6.54 Å². The second-order valence-electron chi connectivity index (χ2n) is 5.29. The molecule has 116 valence electrons. The standard InChI is InChI=1S/C16H24FN3S/c1-3-18-16(20-11-14-5-4-8-21-14)19-10-13-6-7-15(17)12(2)9-13/h6-7,9,14H,3-5,8,10-11H2,1-2H3,(H2,18,19,20). The molecule has 1 aliphatic heterocycles. The van der Waals surface area contributed by atoms with Gasteiger partial charge >= 0.3 is 0 Å². The molecule has 21 heavy (non-hydrogen) atoms. The zero-order valence-electron chi connectivity index (χ0n) is 12.8. The molecule has 1 aromatic rings. The number of hydrogen-bond acceptors (Lipinski definition) is 2. The van der Waals surface area contributed by atoms with E-state index in [0.717, 1.165) is 24.6 Å². The summed E-state index contributed by atoms with van der Waals surface area (Å²) in [4.78, 5) is 4.58. The van der Waals surface area contributed by atoms with Crippen molar-refractivity contribution in [2.45, 2.75) is 38.5 Å². The minimum atomic E-state index is -0.161. The summed E-state index contributed by atoms with van der Waals surface area (Å²) in [5.74, 6) is 1.95. The lowest BCUT2D eigenvalue weighted by Crippen LogP contribution is -2.40. The Morgan fingerprint density at radius 1 is 1.43 bits per heavy atom. The molecule has 1 heterocycles. The number of nitrogens with zero attached hydrogens (tertiary/aromatic N) is 1. The van der Waals surface area contributed by atoms with Crippen LogP contribution in [0.2, 0.25) is 0 Å². The first-order valence-electron chi connectivity index (χ1n) is 7.58. The van der Waals surface area contributed by atoms with Crippen molar-refractivity contribution in [2.75, 3.05) is 18.8 Å². The van der Waals surface area contributed by atoms with E-state index in [0.29, 0.717) is 17.4 Å². The summed E-state index contributed by atoms with van der Waals surface area (Å²) in [5.41, 5.74) is 1.70. The molecular formula is C16H24FN3S. The van der Waals surface area contributed by atoms with Gasteiger partial charge in [-0.2, -0.15) is 11.8 Å². The van der Waals surface area contributed by atoms with Crippen molar-refractivity contribution >= 4 is 17.7 Å². The number of thioether (sulfide) groups is 1. The SMILES string of the molecule is CCNC(=NCc1ccc(F)c(C)c1)NCC1CCCS1. The number of rotatable bonds is 5. The lowest BCUT2D eigenvalue weighted by Gasteiger charge is -2.14. The molecule has 0 radical (unpaired) electrons. The van der Waals surface area contributed by atoms with E-state index in [-0.39, 0.29) is 5.82 Å². The van der Waals surface area contributed by atoms with Gasteiger partial charge < -0.3 is 10.6 Å². The van der Waals surface area contributed by atoms with Gasteiger partial charge in [-0.15, -0.1) is 0 Å². The monoisotopic (exact) mass is 309 g/mol. The van der Waals surface area contributed by atoms with E-state index in [4.69, 9.17) is 0 Å². The maximum absolute atomic E-state index is 13.2. The predicted molar refractivity (Wildman–Crippen MR) is 89.4 cm³/mol. The van der Waals surface area contributed by atoms with E-state index in [1.54, 1.807) is 13.0 Å².